The Kier molecular flexibility index (Phi) is 6.67. The predicted octanol–water partition coefficient (Wildman–Crippen LogP) is -0.320. The summed E-state index contributed by atoms with van der Waals surface area (Å²) in [7, 11) is 0. The van der Waals surface area contributed by atoms with E-state index >= 15 is 0 Å². The maximum Gasteiger partial charge on any atom is 0.310 e. The molecule has 1 aliphatic heterocycles. The zero-order chi connectivity index (χ0) is 13.4. The van der Waals surface area contributed by atoms with Crippen LogP contribution < -0.4 is 10.6 Å². The quantitative estimate of drug-likeness (QED) is 0.639. The maximum absolute atomic E-state index is 11.6. The van der Waals surface area contributed by atoms with Gasteiger partial charge in [-0.1, -0.05) is 6.92 Å². The van der Waals surface area contributed by atoms with E-state index in [-0.39, 0.29) is 23.8 Å². The monoisotopic (exact) mass is 258 g/mol. The first-order valence-electron chi connectivity index (χ1n) is 6.38. The Morgan fingerprint density at radius 2 is 2.33 bits per heavy atom. The van der Waals surface area contributed by atoms with Crippen LogP contribution in [0.25, 0.3) is 0 Å². The largest absolute Gasteiger partial charge is 0.466 e. The lowest BCUT2D eigenvalue weighted by Gasteiger charge is -2.23. The van der Waals surface area contributed by atoms with E-state index in [1.54, 1.807) is 13.8 Å². The minimum Gasteiger partial charge on any atom is -0.466 e. The molecule has 104 valence electrons. The summed E-state index contributed by atoms with van der Waals surface area (Å²) in [5.74, 6) is -0.671. The van der Waals surface area contributed by atoms with Crippen molar-refractivity contribution in [3.63, 3.8) is 0 Å². The summed E-state index contributed by atoms with van der Waals surface area (Å²) in [6.07, 6.45) is 0.371. The van der Waals surface area contributed by atoms with Gasteiger partial charge in [-0.3, -0.25) is 9.59 Å². The van der Waals surface area contributed by atoms with Crippen molar-refractivity contribution < 1.29 is 19.1 Å². The van der Waals surface area contributed by atoms with Crippen LogP contribution in [0.5, 0.6) is 0 Å². The highest BCUT2D eigenvalue weighted by atomic mass is 16.5. The van der Waals surface area contributed by atoms with Crippen LogP contribution in [0.4, 0.5) is 0 Å². The molecule has 2 atom stereocenters. The van der Waals surface area contributed by atoms with Crippen molar-refractivity contribution in [2.75, 3.05) is 32.9 Å². The van der Waals surface area contributed by atoms with Gasteiger partial charge >= 0.3 is 5.97 Å². The van der Waals surface area contributed by atoms with Gasteiger partial charge in [0, 0.05) is 25.6 Å². The fourth-order valence-electron chi connectivity index (χ4n) is 1.68. The van der Waals surface area contributed by atoms with Crippen LogP contribution in [0, 0.1) is 5.92 Å². The maximum atomic E-state index is 11.6. The number of morpholine rings is 1. The molecule has 0 aromatic rings. The van der Waals surface area contributed by atoms with E-state index in [4.69, 9.17) is 9.47 Å². The summed E-state index contributed by atoms with van der Waals surface area (Å²) < 4.78 is 10.1. The van der Waals surface area contributed by atoms with Crippen molar-refractivity contribution in [2.24, 2.45) is 5.92 Å². The number of ether oxygens (including phenoxy) is 2. The number of nitrogens with one attached hydrogen (secondary N) is 2. The lowest BCUT2D eigenvalue weighted by atomic mass is 10.1. The fourth-order valence-corrected chi connectivity index (χ4v) is 1.68. The Hall–Kier alpha value is -1.14. The third-order valence-corrected chi connectivity index (χ3v) is 2.72. The molecule has 1 rings (SSSR count). The summed E-state index contributed by atoms with van der Waals surface area (Å²) in [6.45, 7) is 6.19. The first kappa shape index (κ1) is 14.9. The van der Waals surface area contributed by atoms with Crippen LogP contribution in [0.1, 0.15) is 20.3 Å². The van der Waals surface area contributed by atoms with Crippen molar-refractivity contribution in [2.45, 2.75) is 26.3 Å². The van der Waals surface area contributed by atoms with E-state index in [2.05, 4.69) is 10.6 Å². The zero-order valence-electron chi connectivity index (χ0n) is 11.0. The molecule has 0 saturated carbocycles. The second-order valence-corrected chi connectivity index (χ2v) is 4.39. The Balaban J connectivity index is 2.17. The highest BCUT2D eigenvalue weighted by Gasteiger charge is 2.19. The molecule has 1 aliphatic rings. The number of carbonyl (C=O) groups excluding carboxylic acids is 2. The first-order chi connectivity index (χ1) is 8.63. The van der Waals surface area contributed by atoms with Crippen molar-refractivity contribution in [1.82, 2.24) is 10.6 Å². The molecule has 0 aromatic heterocycles. The number of hydrogen-bond acceptors (Lipinski definition) is 5. The van der Waals surface area contributed by atoms with E-state index in [0.29, 0.717) is 32.8 Å². The van der Waals surface area contributed by atoms with E-state index < -0.39 is 0 Å². The second kappa shape index (κ2) is 8.05. The number of hydrogen-bond donors (Lipinski definition) is 2. The first-order valence-corrected chi connectivity index (χ1v) is 6.38. The number of amides is 1. The summed E-state index contributed by atoms with van der Waals surface area (Å²) in [4.78, 5) is 23.0. The van der Waals surface area contributed by atoms with Gasteiger partial charge in [-0.25, -0.2) is 0 Å². The third kappa shape index (κ3) is 5.46. The minimum atomic E-state index is -0.315. The standard InChI is InChI=1S/C12H22N2O4/c1-3-18-12(16)9(2)7-14-11(15)6-10-8-17-5-4-13-10/h9-10,13H,3-8H2,1-2H3,(H,14,15). The van der Waals surface area contributed by atoms with E-state index in [1.165, 1.54) is 0 Å². The molecule has 18 heavy (non-hydrogen) atoms. The Bertz CT molecular complexity index is 277. The van der Waals surface area contributed by atoms with Gasteiger partial charge in [-0.15, -0.1) is 0 Å². The van der Waals surface area contributed by atoms with Crippen molar-refractivity contribution in [1.29, 1.82) is 0 Å². The number of rotatable bonds is 6. The average Bonchev–Trinajstić information content (AvgIpc) is 2.37. The lowest BCUT2D eigenvalue weighted by Crippen LogP contribution is -2.45. The third-order valence-electron chi connectivity index (χ3n) is 2.72. The molecule has 0 spiro atoms. The molecule has 2 N–H and O–H groups in total. The smallest absolute Gasteiger partial charge is 0.310 e. The fraction of sp³-hybridized carbons (Fsp3) is 0.833. The normalized spacial score (nSPS) is 21.1. The SMILES string of the molecule is CCOC(=O)C(C)CNC(=O)CC1COCCN1. The summed E-state index contributed by atoms with van der Waals surface area (Å²) >= 11 is 0. The predicted molar refractivity (Wildman–Crippen MR) is 66.0 cm³/mol. The molecular weight excluding hydrogens is 236 g/mol. The van der Waals surface area contributed by atoms with Gasteiger partial charge in [0.25, 0.3) is 0 Å². The van der Waals surface area contributed by atoms with Crippen LogP contribution >= 0.6 is 0 Å². The molecule has 0 aromatic carbocycles. The molecule has 6 heteroatoms. The highest BCUT2D eigenvalue weighted by Crippen LogP contribution is 2.00. The minimum absolute atomic E-state index is 0.0663. The molecule has 6 nitrogen and oxygen atoms in total. The summed E-state index contributed by atoms with van der Waals surface area (Å²) in [5, 5.41) is 5.94. The molecule has 1 heterocycles. The van der Waals surface area contributed by atoms with Crippen molar-refractivity contribution in [3.8, 4) is 0 Å². The van der Waals surface area contributed by atoms with Gasteiger partial charge in [0.15, 0.2) is 0 Å². The molecule has 2 unspecified atom stereocenters. The molecule has 0 radical (unpaired) electrons. The van der Waals surface area contributed by atoms with Gasteiger partial charge < -0.3 is 20.1 Å². The molecular formula is C12H22N2O4. The highest BCUT2D eigenvalue weighted by molar-refractivity contribution is 5.78. The Morgan fingerprint density at radius 3 is 2.94 bits per heavy atom. The van der Waals surface area contributed by atoms with Crippen molar-refractivity contribution >= 4 is 11.9 Å². The molecule has 0 bridgehead atoms. The summed E-state index contributed by atoms with van der Waals surface area (Å²) in [6, 6.07) is 0.0663. The van der Waals surface area contributed by atoms with E-state index in [9.17, 15) is 9.59 Å². The van der Waals surface area contributed by atoms with Gasteiger partial charge in [-0.2, -0.15) is 0 Å². The van der Waals surface area contributed by atoms with Crippen molar-refractivity contribution in [3.05, 3.63) is 0 Å². The topological polar surface area (TPSA) is 76.7 Å². The molecule has 1 amide bonds. The second-order valence-electron chi connectivity index (χ2n) is 4.39. The molecule has 0 aliphatic carbocycles. The zero-order valence-corrected chi connectivity index (χ0v) is 11.0. The van der Waals surface area contributed by atoms with Gasteiger partial charge in [0.05, 0.1) is 25.7 Å². The van der Waals surface area contributed by atoms with Crippen LogP contribution in [0.2, 0.25) is 0 Å². The lowest BCUT2D eigenvalue weighted by molar-refractivity contribution is -0.147. The van der Waals surface area contributed by atoms with Gasteiger partial charge in [0.2, 0.25) is 5.91 Å². The average molecular weight is 258 g/mol. The van der Waals surface area contributed by atoms with Crippen LogP contribution in [-0.2, 0) is 19.1 Å². The summed E-state index contributed by atoms with van der Waals surface area (Å²) in [5.41, 5.74) is 0. The van der Waals surface area contributed by atoms with Crippen LogP contribution in [-0.4, -0.2) is 50.8 Å². The Labute approximate surface area is 107 Å². The molecule has 1 fully saturated rings. The van der Waals surface area contributed by atoms with Gasteiger partial charge in [-0.05, 0) is 6.92 Å². The van der Waals surface area contributed by atoms with Gasteiger partial charge in [0.1, 0.15) is 0 Å². The van der Waals surface area contributed by atoms with Crippen LogP contribution in [0.15, 0.2) is 0 Å². The Morgan fingerprint density at radius 1 is 1.56 bits per heavy atom. The molecule has 1 saturated heterocycles. The van der Waals surface area contributed by atoms with E-state index in [1.807, 2.05) is 0 Å². The van der Waals surface area contributed by atoms with Crippen LogP contribution in [0.3, 0.4) is 0 Å². The number of esters is 1. The number of carbonyl (C=O) groups is 2. The van der Waals surface area contributed by atoms with E-state index in [0.717, 1.165) is 6.54 Å².